The number of nitrogens with zero attached hydrogens (tertiary/aromatic N) is 1. The Bertz CT molecular complexity index is 971. The van der Waals surface area contributed by atoms with Gasteiger partial charge in [-0.1, -0.05) is 13.5 Å². The number of likely N-dealkylation sites (tertiary alicyclic amines) is 1. The molecule has 1 aliphatic heterocycles. The van der Waals surface area contributed by atoms with Crippen LogP contribution in [0.5, 0.6) is 5.75 Å². The summed E-state index contributed by atoms with van der Waals surface area (Å²) in [5, 5.41) is 3.76. The van der Waals surface area contributed by atoms with Gasteiger partial charge in [-0.05, 0) is 61.6 Å². The first-order valence-electron chi connectivity index (χ1n) is 11.2. The van der Waals surface area contributed by atoms with E-state index < -0.39 is 12.7 Å². The molecule has 5 nitrogen and oxygen atoms in total. The predicted octanol–water partition coefficient (Wildman–Crippen LogP) is 5.36. The number of anilines is 1. The van der Waals surface area contributed by atoms with Gasteiger partial charge in [-0.25, -0.2) is 0 Å². The second kappa shape index (κ2) is 9.17. The Labute approximate surface area is 186 Å². The molecule has 0 unspecified atom stereocenters. The van der Waals surface area contributed by atoms with Crippen molar-refractivity contribution in [3.05, 3.63) is 36.5 Å². The van der Waals surface area contributed by atoms with Gasteiger partial charge in [-0.15, -0.1) is 0 Å². The van der Waals surface area contributed by atoms with Crippen molar-refractivity contribution in [2.45, 2.75) is 38.8 Å². The summed E-state index contributed by atoms with van der Waals surface area (Å²) in [6, 6.07) is 5.73. The highest BCUT2D eigenvalue weighted by molar-refractivity contribution is 6.08. The molecule has 0 spiro atoms. The lowest BCUT2D eigenvalue weighted by Gasteiger charge is -2.20. The van der Waals surface area contributed by atoms with Crippen LogP contribution in [0.25, 0.3) is 10.9 Å². The number of carbonyl (C=O) groups is 1. The highest BCUT2D eigenvalue weighted by atomic mass is 19.4. The van der Waals surface area contributed by atoms with Crippen LogP contribution in [0, 0.1) is 17.8 Å². The Morgan fingerprint density at radius 1 is 1.28 bits per heavy atom. The maximum Gasteiger partial charge on any atom is 0.401 e. The fraction of sp³-hybridized carbons (Fsp3) is 0.542. The summed E-state index contributed by atoms with van der Waals surface area (Å²) in [7, 11) is 0. The number of carbonyl (C=O) groups excluding carboxylic acids is 1. The van der Waals surface area contributed by atoms with Crippen LogP contribution in [0.3, 0.4) is 0 Å². The zero-order valence-corrected chi connectivity index (χ0v) is 18.3. The van der Waals surface area contributed by atoms with E-state index in [1.165, 1.54) is 0 Å². The van der Waals surface area contributed by atoms with Crippen LogP contribution in [-0.4, -0.2) is 48.2 Å². The van der Waals surface area contributed by atoms with Gasteiger partial charge in [0.25, 0.3) is 5.91 Å². The van der Waals surface area contributed by atoms with E-state index in [4.69, 9.17) is 4.74 Å². The van der Waals surface area contributed by atoms with Gasteiger partial charge in [0.05, 0.1) is 18.8 Å². The molecule has 2 fully saturated rings. The monoisotopic (exact) mass is 449 g/mol. The van der Waals surface area contributed by atoms with Crippen LogP contribution in [0.4, 0.5) is 18.9 Å². The highest BCUT2D eigenvalue weighted by Gasteiger charge is 2.43. The normalized spacial score (nSPS) is 23.4. The number of amides is 1. The average Bonchev–Trinajstić information content (AvgIpc) is 3.39. The van der Waals surface area contributed by atoms with Gasteiger partial charge in [-0.3, -0.25) is 9.69 Å². The Balaban J connectivity index is 1.27. The molecule has 1 aliphatic carbocycles. The number of alkyl halides is 3. The fourth-order valence-electron chi connectivity index (χ4n) is 5.15. The Hall–Kier alpha value is -2.48. The third-order valence-electron chi connectivity index (χ3n) is 6.77. The van der Waals surface area contributed by atoms with Crippen molar-refractivity contribution in [1.82, 2.24) is 9.88 Å². The topological polar surface area (TPSA) is 57.4 Å². The van der Waals surface area contributed by atoms with Crippen LogP contribution in [0.2, 0.25) is 0 Å². The Morgan fingerprint density at radius 2 is 2.00 bits per heavy atom. The van der Waals surface area contributed by atoms with E-state index in [1.54, 1.807) is 11.1 Å². The molecule has 1 aromatic heterocycles. The first kappa shape index (κ1) is 22.7. The predicted molar refractivity (Wildman–Crippen MR) is 119 cm³/mol. The Kier molecular flexibility index (Phi) is 6.51. The third kappa shape index (κ3) is 5.28. The van der Waals surface area contributed by atoms with Crippen LogP contribution in [0.1, 0.15) is 32.6 Å². The molecule has 0 radical (unpaired) electrons. The average molecular weight is 450 g/mol. The second-order valence-corrected chi connectivity index (χ2v) is 9.12. The SMILES string of the molecule is C=C(CC)C(=O)Nc1c[nH]c2ccc(OCC[C@@H]3C[C@@H]4CN(CC(F)(F)F)C[C@@H]4C3)cc12. The molecule has 2 N–H and O–H groups in total. The third-order valence-corrected chi connectivity index (χ3v) is 6.77. The zero-order chi connectivity index (χ0) is 22.9. The van der Waals surface area contributed by atoms with Crippen molar-refractivity contribution in [2.75, 3.05) is 31.6 Å². The van der Waals surface area contributed by atoms with Crippen LogP contribution < -0.4 is 10.1 Å². The van der Waals surface area contributed by atoms with Gasteiger partial charge in [-0.2, -0.15) is 13.2 Å². The molecule has 1 saturated carbocycles. The van der Waals surface area contributed by atoms with E-state index in [-0.39, 0.29) is 5.91 Å². The molecular formula is C24H30F3N3O2. The summed E-state index contributed by atoms with van der Waals surface area (Å²) in [5.41, 5.74) is 2.12. The van der Waals surface area contributed by atoms with E-state index >= 15 is 0 Å². The number of fused-ring (bicyclic) bond motifs is 2. The summed E-state index contributed by atoms with van der Waals surface area (Å²) in [5.74, 6) is 1.80. The van der Waals surface area contributed by atoms with Crippen molar-refractivity contribution in [1.29, 1.82) is 0 Å². The van der Waals surface area contributed by atoms with E-state index in [1.807, 2.05) is 25.1 Å². The number of hydrogen-bond donors (Lipinski definition) is 2. The van der Waals surface area contributed by atoms with Gasteiger partial charge < -0.3 is 15.0 Å². The van der Waals surface area contributed by atoms with Crippen molar-refractivity contribution < 1.29 is 22.7 Å². The van der Waals surface area contributed by atoms with Gasteiger partial charge in [0.15, 0.2) is 0 Å². The number of aromatic nitrogens is 1. The van der Waals surface area contributed by atoms with Crippen LogP contribution >= 0.6 is 0 Å². The quantitative estimate of drug-likeness (QED) is 0.534. The van der Waals surface area contributed by atoms with Crippen molar-refractivity contribution in [3.8, 4) is 5.75 Å². The maximum absolute atomic E-state index is 12.6. The molecule has 3 atom stereocenters. The summed E-state index contributed by atoms with van der Waals surface area (Å²) < 4.78 is 43.8. The lowest BCUT2D eigenvalue weighted by Crippen LogP contribution is -2.33. The minimum atomic E-state index is -4.11. The minimum absolute atomic E-state index is 0.194. The molecule has 1 saturated heterocycles. The van der Waals surface area contributed by atoms with Gasteiger partial charge in [0.1, 0.15) is 5.75 Å². The zero-order valence-electron chi connectivity index (χ0n) is 18.3. The molecule has 8 heteroatoms. The smallest absolute Gasteiger partial charge is 0.401 e. The van der Waals surface area contributed by atoms with Gasteiger partial charge in [0, 0.05) is 35.8 Å². The van der Waals surface area contributed by atoms with E-state index in [2.05, 4.69) is 16.9 Å². The Morgan fingerprint density at radius 3 is 2.66 bits per heavy atom. The summed E-state index contributed by atoms with van der Waals surface area (Å²) in [6.45, 7) is 6.56. The van der Waals surface area contributed by atoms with Gasteiger partial charge >= 0.3 is 6.18 Å². The molecule has 32 heavy (non-hydrogen) atoms. The summed E-state index contributed by atoms with van der Waals surface area (Å²) in [6.07, 6.45) is 1.10. The maximum atomic E-state index is 12.6. The minimum Gasteiger partial charge on any atom is -0.494 e. The number of nitrogens with one attached hydrogen (secondary N) is 2. The largest absolute Gasteiger partial charge is 0.494 e. The number of rotatable bonds is 8. The van der Waals surface area contributed by atoms with E-state index in [0.717, 1.165) is 35.9 Å². The van der Waals surface area contributed by atoms with Gasteiger partial charge in [0.2, 0.25) is 0 Å². The van der Waals surface area contributed by atoms with E-state index in [9.17, 15) is 18.0 Å². The first-order chi connectivity index (χ1) is 15.2. The number of benzene rings is 1. The highest BCUT2D eigenvalue weighted by Crippen LogP contribution is 2.43. The van der Waals surface area contributed by atoms with Crippen molar-refractivity contribution >= 4 is 22.5 Å². The first-order valence-corrected chi connectivity index (χ1v) is 11.2. The lowest BCUT2D eigenvalue weighted by atomic mass is 10.0. The van der Waals surface area contributed by atoms with Crippen LogP contribution in [0.15, 0.2) is 36.5 Å². The molecule has 1 amide bonds. The van der Waals surface area contributed by atoms with E-state index in [0.29, 0.717) is 55.1 Å². The standard InChI is InChI=1S/C24H30F3N3O2/c1-3-15(2)23(31)29-22-11-28-21-5-4-19(10-20(21)22)32-7-6-16-8-17-12-30(13-18(17)9-16)14-24(25,26)27/h4-5,10-11,16-18,28H,2-3,6-9,12-14H2,1H3,(H,29,31)/t16-,17-,18+. The fourth-order valence-corrected chi connectivity index (χ4v) is 5.15. The molecule has 174 valence electrons. The lowest BCUT2D eigenvalue weighted by molar-refractivity contribution is -0.144. The molecule has 0 bridgehead atoms. The summed E-state index contributed by atoms with van der Waals surface area (Å²) in [4.78, 5) is 16.8. The molecule has 2 heterocycles. The number of hydrogen-bond acceptors (Lipinski definition) is 3. The second-order valence-electron chi connectivity index (χ2n) is 9.12. The number of ether oxygens (including phenoxy) is 1. The molecular weight excluding hydrogens is 419 g/mol. The number of aromatic amines is 1. The number of H-pyrrole nitrogens is 1. The number of halogens is 3. The summed E-state index contributed by atoms with van der Waals surface area (Å²) >= 11 is 0. The molecule has 2 aromatic rings. The van der Waals surface area contributed by atoms with Crippen molar-refractivity contribution in [2.24, 2.45) is 17.8 Å². The molecule has 4 rings (SSSR count). The molecule has 2 aliphatic rings. The van der Waals surface area contributed by atoms with Crippen LogP contribution in [-0.2, 0) is 4.79 Å². The molecule has 1 aromatic carbocycles. The van der Waals surface area contributed by atoms with Crippen molar-refractivity contribution in [3.63, 3.8) is 0 Å².